The summed E-state index contributed by atoms with van der Waals surface area (Å²) in [6.45, 7) is 4.91. The molecule has 6 nitrogen and oxygen atoms in total. The van der Waals surface area contributed by atoms with Crippen LogP contribution in [0.2, 0.25) is 0 Å². The Hall–Kier alpha value is -3.24. The molecule has 146 valence electrons. The number of aromatic nitrogens is 1. The van der Waals surface area contributed by atoms with Crippen LogP contribution in [0, 0.1) is 25.2 Å². The minimum Gasteiger partial charge on any atom is -0.486 e. The highest BCUT2D eigenvalue weighted by atomic mass is 32.2. The van der Waals surface area contributed by atoms with Crippen LogP contribution < -0.4 is 14.8 Å². The summed E-state index contributed by atoms with van der Waals surface area (Å²) in [7, 11) is 0. The van der Waals surface area contributed by atoms with Gasteiger partial charge in [0.15, 0.2) is 11.5 Å². The number of fused-ring (bicyclic) bond motifs is 2. The number of aryl methyl sites for hydroxylation is 2. The quantitative estimate of drug-likeness (QED) is 0.654. The van der Waals surface area contributed by atoms with Gasteiger partial charge >= 0.3 is 0 Å². The van der Waals surface area contributed by atoms with Crippen molar-refractivity contribution < 1.29 is 14.3 Å². The molecule has 0 saturated heterocycles. The number of rotatable bonds is 4. The zero-order valence-corrected chi connectivity index (χ0v) is 16.9. The summed E-state index contributed by atoms with van der Waals surface area (Å²) in [5.41, 5.74) is 3.98. The fraction of sp³-hybridized carbons (Fsp3) is 0.227. The molecule has 0 bridgehead atoms. The number of amides is 1. The van der Waals surface area contributed by atoms with Crippen molar-refractivity contribution in [1.29, 1.82) is 5.26 Å². The van der Waals surface area contributed by atoms with E-state index in [1.54, 1.807) is 6.07 Å². The highest BCUT2D eigenvalue weighted by molar-refractivity contribution is 8.00. The molecule has 0 radical (unpaired) electrons. The van der Waals surface area contributed by atoms with Gasteiger partial charge in [-0.1, -0.05) is 30.0 Å². The van der Waals surface area contributed by atoms with Crippen LogP contribution in [0.4, 0.5) is 5.69 Å². The first-order chi connectivity index (χ1) is 14.0. The Morgan fingerprint density at radius 3 is 2.55 bits per heavy atom. The predicted octanol–water partition coefficient (Wildman–Crippen LogP) is 4.23. The number of pyridine rings is 1. The molecule has 0 atom stereocenters. The minimum absolute atomic E-state index is 0.139. The molecule has 3 aromatic rings. The van der Waals surface area contributed by atoms with E-state index < -0.39 is 0 Å². The normalized spacial score (nSPS) is 12.4. The van der Waals surface area contributed by atoms with Crippen molar-refractivity contribution in [2.24, 2.45) is 0 Å². The van der Waals surface area contributed by atoms with E-state index in [0.717, 1.165) is 22.2 Å². The lowest BCUT2D eigenvalue weighted by molar-refractivity contribution is -0.113. The standard InChI is InChI=1S/C22H19N3O3S/c1-13-4-3-5-14(2)21(13)25-20(26)12-29-22-16(11-23)8-15-9-18-19(10-17(15)24-22)28-7-6-27-18/h3-5,8-10H,6-7,12H2,1-2H3,(H,25,26). The van der Waals surface area contributed by atoms with Gasteiger partial charge in [-0.3, -0.25) is 4.79 Å². The van der Waals surface area contributed by atoms with Crippen LogP contribution in [0.1, 0.15) is 16.7 Å². The predicted molar refractivity (Wildman–Crippen MR) is 113 cm³/mol. The molecule has 0 unspecified atom stereocenters. The SMILES string of the molecule is Cc1cccc(C)c1NC(=O)CSc1nc2cc3c(cc2cc1C#N)OCCO3. The van der Waals surface area contributed by atoms with E-state index >= 15 is 0 Å². The Labute approximate surface area is 172 Å². The van der Waals surface area contributed by atoms with Crippen molar-refractivity contribution >= 4 is 34.3 Å². The monoisotopic (exact) mass is 405 g/mol. The molecule has 29 heavy (non-hydrogen) atoms. The van der Waals surface area contributed by atoms with Crippen LogP contribution in [0.5, 0.6) is 11.5 Å². The highest BCUT2D eigenvalue weighted by Crippen LogP contribution is 2.35. The number of hydrogen-bond donors (Lipinski definition) is 1. The second kappa shape index (κ2) is 8.02. The fourth-order valence-electron chi connectivity index (χ4n) is 3.20. The van der Waals surface area contributed by atoms with Crippen LogP contribution in [-0.2, 0) is 4.79 Å². The van der Waals surface area contributed by atoms with Gasteiger partial charge in [-0.05, 0) is 37.1 Å². The molecule has 0 fully saturated rings. The number of anilines is 1. The van der Waals surface area contributed by atoms with Gasteiger partial charge < -0.3 is 14.8 Å². The Morgan fingerprint density at radius 2 is 1.86 bits per heavy atom. The number of nitriles is 1. The van der Waals surface area contributed by atoms with E-state index in [4.69, 9.17) is 9.47 Å². The summed E-state index contributed by atoms with van der Waals surface area (Å²) in [6, 6.07) is 13.5. The minimum atomic E-state index is -0.139. The first-order valence-corrected chi connectivity index (χ1v) is 10.2. The highest BCUT2D eigenvalue weighted by Gasteiger charge is 2.16. The van der Waals surface area contributed by atoms with Crippen molar-refractivity contribution in [2.75, 3.05) is 24.3 Å². The van der Waals surface area contributed by atoms with Gasteiger partial charge in [0.1, 0.15) is 24.3 Å². The number of para-hydroxylation sites is 1. The number of carbonyl (C=O) groups is 1. The molecule has 4 rings (SSSR count). The van der Waals surface area contributed by atoms with E-state index in [-0.39, 0.29) is 11.7 Å². The van der Waals surface area contributed by atoms with Gasteiger partial charge in [-0.2, -0.15) is 5.26 Å². The van der Waals surface area contributed by atoms with Gasteiger partial charge in [0, 0.05) is 17.1 Å². The Balaban J connectivity index is 1.55. The maximum Gasteiger partial charge on any atom is 0.234 e. The average Bonchev–Trinajstić information content (AvgIpc) is 2.72. The Kier molecular flexibility index (Phi) is 5.28. The summed E-state index contributed by atoms with van der Waals surface area (Å²) in [4.78, 5) is 17.1. The molecule has 1 aromatic heterocycles. The maximum atomic E-state index is 12.5. The molecule has 7 heteroatoms. The zero-order chi connectivity index (χ0) is 20.4. The fourth-order valence-corrected chi connectivity index (χ4v) is 3.97. The molecular formula is C22H19N3O3S. The topological polar surface area (TPSA) is 84.2 Å². The second-order valence-corrected chi connectivity index (χ2v) is 7.71. The molecule has 0 saturated carbocycles. The van der Waals surface area contributed by atoms with E-state index in [9.17, 15) is 10.1 Å². The molecule has 2 heterocycles. The van der Waals surface area contributed by atoms with Crippen LogP contribution in [-0.4, -0.2) is 29.9 Å². The van der Waals surface area contributed by atoms with E-state index in [1.165, 1.54) is 11.8 Å². The van der Waals surface area contributed by atoms with Crippen molar-refractivity contribution in [3.63, 3.8) is 0 Å². The third-order valence-electron chi connectivity index (χ3n) is 4.65. The van der Waals surface area contributed by atoms with Gasteiger partial charge in [0.2, 0.25) is 5.91 Å². The van der Waals surface area contributed by atoms with E-state index in [1.807, 2.05) is 44.2 Å². The molecule has 1 N–H and O–H groups in total. The molecule has 2 aromatic carbocycles. The molecule has 1 amide bonds. The summed E-state index contributed by atoms with van der Waals surface area (Å²) in [5, 5.41) is 13.8. The average molecular weight is 405 g/mol. The molecule has 1 aliphatic rings. The van der Waals surface area contributed by atoms with Crippen LogP contribution in [0.25, 0.3) is 10.9 Å². The maximum absolute atomic E-state index is 12.5. The summed E-state index contributed by atoms with van der Waals surface area (Å²) in [5.74, 6) is 1.32. The van der Waals surface area contributed by atoms with E-state index in [2.05, 4.69) is 16.4 Å². The number of ether oxygens (including phenoxy) is 2. The third kappa shape index (κ3) is 3.98. The molecular weight excluding hydrogens is 386 g/mol. The summed E-state index contributed by atoms with van der Waals surface area (Å²) < 4.78 is 11.2. The second-order valence-electron chi connectivity index (χ2n) is 6.75. The third-order valence-corrected chi connectivity index (χ3v) is 5.64. The number of thioether (sulfide) groups is 1. The molecule has 0 aliphatic carbocycles. The number of hydrogen-bond acceptors (Lipinski definition) is 6. The van der Waals surface area contributed by atoms with E-state index in [0.29, 0.717) is 40.8 Å². The first-order valence-electron chi connectivity index (χ1n) is 9.18. The van der Waals surface area contributed by atoms with Crippen molar-refractivity contribution in [3.8, 4) is 17.6 Å². The lowest BCUT2D eigenvalue weighted by Crippen LogP contribution is -2.16. The van der Waals surface area contributed by atoms with Crippen molar-refractivity contribution in [1.82, 2.24) is 4.98 Å². The first kappa shape index (κ1) is 19.1. The summed E-state index contributed by atoms with van der Waals surface area (Å²) >= 11 is 1.25. The largest absolute Gasteiger partial charge is 0.486 e. The van der Waals surface area contributed by atoms with Crippen LogP contribution in [0.3, 0.4) is 0 Å². The van der Waals surface area contributed by atoms with Gasteiger partial charge in [-0.25, -0.2) is 4.98 Å². The Bertz CT molecular complexity index is 1130. The number of nitrogens with zero attached hydrogens (tertiary/aromatic N) is 2. The van der Waals surface area contributed by atoms with Crippen molar-refractivity contribution in [3.05, 3.63) is 53.1 Å². The molecule has 0 spiro atoms. The lowest BCUT2D eigenvalue weighted by Gasteiger charge is -2.19. The van der Waals surface area contributed by atoms with Gasteiger partial charge in [-0.15, -0.1) is 0 Å². The van der Waals surface area contributed by atoms with Crippen LogP contribution >= 0.6 is 11.8 Å². The summed E-state index contributed by atoms with van der Waals surface area (Å²) in [6.07, 6.45) is 0. The Morgan fingerprint density at radius 1 is 1.17 bits per heavy atom. The van der Waals surface area contributed by atoms with Gasteiger partial charge in [0.05, 0.1) is 16.8 Å². The number of carbonyl (C=O) groups excluding carboxylic acids is 1. The lowest BCUT2D eigenvalue weighted by atomic mass is 10.1. The van der Waals surface area contributed by atoms with Gasteiger partial charge in [0.25, 0.3) is 0 Å². The molecule has 1 aliphatic heterocycles. The smallest absolute Gasteiger partial charge is 0.234 e. The van der Waals surface area contributed by atoms with Crippen molar-refractivity contribution in [2.45, 2.75) is 18.9 Å². The number of benzene rings is 2. The van der Waals surface area contributed by atoms with Crippen LogP contribution in [0.15, 0.2) is 41.4 Å². The zero-order valence-electron chi connectivity index (χ0n) is 16.1. The number of nitrogens with one attached hydrogen (secondary N) is 1.